The molecule has 0 bridgehead atoms. The first-order chi connectivity index (χ1) is 35.2. The van der Waals surface area contributed by atoms with Gasteiger partial charge in [-0.1, -0.05) is 183 Å². The fraction of sp³-hybridized carbons (Fsp3) is 0.246. The van der Waals surface area contributed by atoms with Crippen LogP contribution in [0, 0.1) is 6.92 Å². The Hall–Kier alpha value is -7.30. The number of hydrogen-bond acceptors (Lipinski definition) is 3. The number of nitrogens with zero attached hydrogens (tertiary/aromatic N) is 3. The van der Waals surface area contributed by atoms with Gasteiger partial charge >= 0.3 is 6.85 Å². The fourth-order valence-electron chi connectivity index (χ4n) is 12.5. The molecule has 0 N–H and O–H groups in total. The standard InChI is InChI=1S/C69H68BN3/c1-10-11-20-47-27-32-53(33-28-47)71(52-24-16-13-17-25-52)55-36-38-61-63(44-55)72(62-45-60-59(41-46(62)2)68(6,7)39-40-69(60,8)9)64-43-50(48-21-14-12-15-22-48)42-58-57-37-29-49-23-18-19-26-56(49)66(57)73(70(61)65(58)64)54-34-30-51(31-35-54)67(3,4)5/h12-19,21-38,41-45H,10-11,20,39-40H2,1-9H3. The first-order valence-corrected chi connectivity index (χ1v) is 26.9. The molecule has 3 aliphatic rings. The summed E-state index contributed by atoms with van der Waals surface area (Å²) in [6.45, 7) is 21.2. The average Bonchev–Trinajstić information content (AvgIpc) is 3.40. The van der Waals surface area contributed by atoms with Crippen LogP contribution in [0.5, 0.6) is 0 Å². The highest BCUT2D eigenvalue weighted by atomic mass is 15.2. The molecule has 73 heavy (non-hydrogen) atoms. The van der Waals surface area contributed by atoms with Crippen LogP contribution in [-0.2, 0) is 22.7 Å². The summed E-state index contributed by atoms with van der Waals surface area (Å²) >= 11 is 0. The molecular weight excluding hydrogens is 882 g/mol. The second-order valence-electron chi connectivity index (χ2n) is 23.5. The second-order valence-corrected chi connectivity index (χ2v) is 23.5. The number of hydrogen-bond donors (Lipinski definition) is 0. The van der Waals surface area contributed by atoms with Crippen molar-refractivity contribution < 1.29 is 0 Å². The van der Waals surface area contributed by atoms with Gasteiger partial charge in [0.05, 0.1) is 0 Å². The molecule has 2 aliphatic heterocycles. The molecule has 362 valence electrons. The van der Waals surface area contributed by atoms with Crippen molar-refractivity contribution in [3.05, 3.63) is 216 Å². The van der Waals surface area contributed by atoms with Gasteiger partial charge in [-0.05, 0) is 176 Å². The molecule has 9 aromatic rings. The number of fused-ring (bicyclic) bond motifs is 7. The molecular formula is C69H68BN3. The van der Waals surface area contributed by atoms with Crippen molar-refractivity contribution in [2.45, 2.75) is 111 Å². The Balaban J connectivity index is 1.20. The zero-order valence-corrected chi connectivity index (χ0v) is 44.4. The van der Waals surface area contributed by atoms with Gasteiger partial charge in [-0.2, -0.15) is 0 Å². The molecule has 0 unspecified atom stereocenters. The maximum Gasteiger partial charge on any atom is 0.333 e. The van der Waals surface area contributed by atoms with Gasteiger partial charge in [0.15, 0.2) is 0 Å². The summed E-state index contributed by atoms with van der Waals surface area (Å²) in [5.41, 5.74) is 24.1. The van der Waals surface area contributed by atoms with Crippen molar-refractivity contribution in [2.75, 3.05) is 14.6 Å². The highest BCUT2D eigenvalue weighted by molar-refractivity contribution is 6.94. The number of anilines is 8. The van der Waals surface area contributed by atoms with E-state index in [4.69, 9.17) is 0 Å². The van der Waals surface area contributed by atoms with Crippen molar-refractivity contribution >= 4 is 74.0 Å². The van der Waals surface area contributed by atoms with E-state index in [1.54, 1.807) is 0 Å². The molecule has 2 heterocycles. The lowest BCUT2D eigenvalue weighted by molar-refractivity contribution is 0.332. The van der Waals surface area contributed by atoms with Crippen LogP contribution in [0.4, 0.5) is 45.5 Å². The van der Waals surface area contributed by atoms with Crippen LogP contribution in [0.15, 0.2) is 188 Å². The first-order valence-electron chi connectivity index (χ1n) is 26.9. The highest BCUT2D eigenvalue weighted by Crippen LogP contribution is 2.54. The van der Waals surface area contributed by atoms with Crippen LogP contribution >= 0.6 is 0 Å². The van der Waals surface area contributed by atoms with E-state index in [1.165, 1.54) is 119 Å². The monoisotopic (exact) mass is 950 g/mol. The minimum Gasteiger partial charge on any atom is -0.376 e. The molecule has 0 atom stereocenters. The number of unbranched alkanes of at least 4 members (excludes halogenated alkanes) is 1. The summed E-state index contributed by atoms with van der Waals surface area (Å²) in [4.78, 5) is 7.84. The summed E-state index contributed by atoms with van der Waals surface area (Å²) in [6.07, 6.45) is 5.78. The molecule has 0 fully saturated rings. The van der Waals surface area contributed by atoms with Crippen LogP contribution in [0.1, 0.15) is 109 Å². The van der Waals surface area contributed by atoms with Crippen LogP contribution in [0.2, 0.25) is 0 Å². The SMILES string of the molecule is CCCCc1ccc(N(c2ccccc2)c2ccc3c(c2)N(c2cc4c(cc2C)C(C)(C)CCC4(C)C)c2cc(-c4ccccc4)cc4c2B3N(c2ccc(C(C)(C)C)cc2)c2c-4ccc3ccccc23)cc1. The van der Waals surface area contributed by atoms with Gasteiger partial charge in [-0.3, -0.25) is 0 Å². The third-order valence-corrected chi connectivity index (χ3v) is 16.7. The van der Waals surface area contributed by atoms with Crippen LogP contribution in [-0.4, -0.2) is 6.85 Å². The molecule has 4 heteroatoms. The van der Waals surface area contributed by atoms with Crippen molar-refractivity contribution in [1.29, 1.82) is 0 Å². The molecule has 12 rings (SSSR count). The summed E-state index contributed by atoms with van der Waals surface area (Å²) < 4.78 is 0. The van der Waals surface area contributed by atoms with Gasteiger partial charge < -0.3 is 14.6 Å². The molecule has 0 saturated heterocycles. The average molecular weight is 950 g/mol. The highest BCUT2D eigenvalue weighted by Gasteiger charge is 2.47. The molecule has 0 radical (unpaired) electrons. The van der Waals surface area contributed by atoms with Crippen molar-refractivity contribution in [3.63, 3.8) is 0 Å². The first kappa shape index (κ1) is 46.8. The number of aryl methyl sites for hydroxylation is 2. The number of para-hydroxylation sites is 1. The lowest BCUT2D eigenvalue weighted by Gasteiger charge is -2.47. The van der Waals surface area contributed by atoms with Crippen LogP contribution in [0.3, 0.4) is 0 Å². The van der Waals surface area contributed by atoms with E-state index in [0.29, 0.717) is 0 Å². The maximum absolute atomic E-state index is 2.70. The zero-order chi connectivity index (χ0) is 50.4. The molecule has 1 aliphatic carbocycles. The Morgan fingerprint density at radius 3 is 1.90 bits per heavy atom. The Morgan fingerprint density at radius 1 is 0.562 bits per heavy atom. The summed E-state index contributed by atoms with van der Waals surface area (Å²) in [5.74, 6) is 0. The molecule has 0 aromatic heterocycles. The predicted octanol–water partition coefficient (Wildman–Crippen LogP) is 18.0. The van der Waals surface area contributed by atoms with E-state index >= 15 is 0 Å². The Labute approximate surface area is 435 Å². The fourth-order valence-corrected chi connectivity index (χ4v) is 12.5. The summed E-state index contributed by atoms with van der Waals surface area (Å²) in [6, 6.07) is 72.1. The molecule has 3 nitrogen and oxygen atoms in total. The van der Waals surface area contributed by atoms with E-state index < -0.39 is 0 Å². The van der Waals surface area contributed by atoms with Gasteiger partial charge in [0.25, 0.3) is 0 Å². The Bertz CT molecular complexity index is 3550. The molecule has 0 saturated carbocycles. The van der Waals surface area contributed by atoms with Gasteiger partial charge in [0, 0.05) is 56.4 Å². The van der Waals surface area contributed by atoms with E-state index in [9.17, 15) is 0 Å². The topological polar surface area (TPSA) is 9.72 Å². The van der Waals surface area contributed by atoms with Crippen molar-refractivity contribution in [1.82, 2.24) is 0 Å². The van der Waals surface area contributed by atoms with E-state index in [1.807, 2.05) is 0 Å². The minimum absolute atomic E-state index is 0.0178. The lowest BCUT2D eigenvalue weighted by Crippen LogP contribution is -2.61. The van der Waals surface area contributed by atoms with Crippen molar-refractivity contribution in [2.24, 2.45) is 0 Å². The smallest absolute Gasteiger partial charge is 0.333 e. The van der Waals surface area contributed by atoms with Gasteiger partial charge in [-0.25, -0.2) is 0 Å². The van der Waals surface area contributed by atoms with Crippen LogP contribution in [0.25, 0.3) is 33.0 Å². The number of benzene rings is 9. The molecule has 0 spiro atoms. The van der Waals surface area contributed by atoms with Gasteiger partial charge in [-0.15, -0.1) is 0 Å². The van der Waals surface area contributed by atoms with Crippen LogP contribution < -0.4 is 25.5 Å². The van der Waals surface area contributed by atoms with E-state index in [0.717, 1.165) is 29.9 Å². The van der Waals surface area contributed by atoms with E-state index in [-0.39, 0.29) is 23.1 Å². The predicted molar refractivity (Wildman–Crippen MR) is 315 cm³/mol. The molecule has 9 aromatic carbocycles. The number of rotatable bonds is 9. The van der Waals surface area contributed by atoms with Gasteiger partial charge in [0.2, 0.25) is 0 Å². The van der Waals surface area contributed by atoms with Crippen molar-refractivity contribution in [3.8, 4) is 22.3 Å². The summed E-state index contributed by atoms with van der Waals surface area (Å²) in [5, 5.41) is 2.49. The quantitative estimate of drug-likeness (QED) is 0.134. The normalized spacial score (nSPS) is 15.1. The molecule has 0 amide bonds. The summed E-state index contributed by atoms with van der Waals surface area (Å²) in [7, 11) is 0. The van der Waals surface area contributed by atoms with E-state index in [2.05, 4.69) is 265 Å². The third kappa shape index (κ3) is 7.97. The van der Waals surface area contributed by atoms with Gasteiger partial charge in [0.1, 0.15) is 0 Å². The largest absolute Gasteiger partial charge is 0.376 e. The third-order valence-electron chi connectivity index (χ3n) is 16.7. The lowest BCUT2D eigenvalue weighted by atomic mass is 9.43. The Morgan fingerprint density at radius 2 is 1.21 bits per heavy atom. The Kier molecular flexibility index (Phi) is 11.4. The zero-order valence-electron chi connectivity index (χ0n) is 44.4. The maximum atomic E-state index is 2.70. The minimum atomic E-state index is -0.148. The second kappa shape index (κ2) is 17.7.